The molecule has 1 aliphatic carbocycles. The molecule has 20 heavy (non-hydrogen) atoms. The van der Waals surface area contributed by atoms with E-state index in [0.29, 0.717) is 0 Å². The predicted octanol–water partition coefficient (Wildman–Crippen LogP) is 2.67. The van der Waals surface area contributed by atoms with Gasteiger partial charge in [0.1, 0.15) is 5.52 Å². The molecule has 1 fully saturated rings. The molecular formula is C16H16N4. The van der Waals surface area contributed by atoms with E-state index in [0.717, 1.165) is 29.3 Å². The van der Waals surface area contributed by atoms with Crippen molar-refractivity contribution >= 4 is 11.0 Å². The first-order valence-corrected chi connectivity index (χ1v) is 7.03. The lowest BCUT2D eigenvalue weighted by molar-refractivity contribution is 0.687. The lowest BCUT2D eigenvalue weighted by Gasteiger charge is -2.06. The molecule has 4 heteroatoms. The number of para-hydroxylation sites is 1. The highest BCUT2D eigenvalue weighted by atomic mass is 15.4. The molecule has 0 amide bonds. The van der Waals surface area contributed by atoms with Gasteiger partial charge in [0.2, 0.25) is 0 Å². The summed E-state index contributed by atoms with van der Waals surface area (Å²) in [4.78, 5) is 0. The van der Waals surface area contributed by atoms with E-state index < -0.39 is 0 Å². The Morgan fingerprint density at radius 1 is 1.10 bits per heavy atom. The molecule has 0 aliphatic heterocycles. The number of hydrogen-bond donors (Lipinski definition) is 1. The summed E-state index contributed by atoms with van der Waals surface area (Å²) in [5.41, 5.74) is 4.32. The Hall–Kier alpha value is -2.20. The van der Waals surface area contributed by atoms with Crippen LogP contribution < -0.4 is 5.32 Å². The zero-order valence-corrected chi connectivity index (χ0v) is 11.2. The van der Waals surface area contributed by atoms with Crippen LogP contribution in [-0.2, 0) is 6.54 Å². The van der Waals surface area contributed by atoms with E-state index in [-0.39, 0.29) is 0 Å². The first kappa shape index (κ1) is 11.6. The standard InChI is InChI=1S/C16H16N4/c1-2-7-16-15(6-1)18-19-20(16)14-5-3-4-12(10-14)11-17-13-8-9-13/h1-7,10,13,17H,8-9,11H2. The van der Waals surface area contributed by atoms with Gasteiger partial charge in [0, 0.05) is 12.6 Å². The van der Waals surface area contributed by atoms with Gasteiger partial charge >= 0.3 is 0 Å². The van der Waals surface area contributed by atoms with Gasteiger partial charge in [-0.25, -0.2) is 4.68 Å². The molecule has 100 valence electrons. The molecule has 4 rings (SSSR count). The van der Waals surface area contributed by atoms with Crippen molar-refractivity contribution in [2.45, 2.75) is 25.4 Å². The fourth-order valence-electron chi connectivity index (χ4n) is 2.41. The summed E-state index contributed by atoms with van der Waals surface area (Å²) in [6.07, 6.45) is 2.63. The largest absolute Gasteiger partial charge is 0.310 e. The molecule has 3 aromatic rings. The minimum atomic E-state index is 0.728. The molecule has 1 saturated carbocycles. The number of nitrogens with one attached hydrogen (secondary N) is 1. The Bertz CT molecular complexity index is 743. The molecule has 1 aromatic heterocycles. The van der Waals surface area contributed by atoms with Crippen LogP contribution >= 0.6 is 0 Å². The quantitative estimate of drug-likeness (QED) is 0.788. The van der Waals surface area contributed by atoms with Gasteiger partial charge in [-0.3, -0.25) is 0 Å². The van der Waals surface area contributed by atoms with Gasteiger partial charge < -0.3 is 5.32 Å². The number of fused-ring (bicyclic) bond motifs is 1. The third-order valence-corrected chi connectivity index (χ3v) is 3.68. The minimum absolute atomic E-state index is 0.728. The van der Waals surface area contributed by atoms with Crippen LogP contribution in [0, 0.1) is 0 Å². The highest BCUT2D eigenvalue weighted by Crippen LogP contribution is 2.20. The zero-order valence-electron chi connectivity index (χ0n) is 11.2. The number of rotatable bonds is 4. The van der Waals surface area contributed by atoms with Gasteiger partial charge in [-0.2, -0.15) is 0 Å². The average molecular weight is 264 g/mol. The number of hydrogen-bond acceptors (Lipinski definition) is 3. The SMILES string of the molecule is c1cc(CNC2CC2)cc(-n2nnc3ccccc32)c1. The van der Waals surface area contributed by atoms with Gasteiger partial charge in [0.25, 0.3) is 0 Å². The smallest absolute Gasteiger partial charge is 0.113 e. The molecule has 1 aliphatic rings. The second-order valence-electron chi connectivity index (χ2n) is 5.32. The van der Waals surface area contributed by atoms with Crippen molar-refractivity contribution in [3.05, 3.63) is 54.1 Å². The monoisotopic (exact) mass is 264 g/mol. The van der Waals surface area contributed by atoms with Crippen LogP contribution in [0.5, 0.6) is 0 Å². The summed E-state index contributed by atoms with van der Waals surface area (Å²) in [7, 11) is 0. The van der Waals surface area contributed by atoms with Crippen molar-refractivity contribution in [1.29, 1.82) is 0 Å². The summed E-state index contributed by atoms with van der Waals surface area (Å²) in [6.45, 7) is 0.922. The summed E-state index contributed by atoms with van der Waals surface area (Å²) in [5.74, 6) is 0. The Kier molecular flexibility index (Phi) is 2.74. The van der Waals surface area contributed by atoms with Crippen LogP contribution in [0.15, 0.2) is 48.5 Å². The molecular weight excluding hydrogens is 248 g/mol. The Morgan fingerprint density at radius 2 is 2.00 bits per heavy atom. The molecule has 0 atom stereocenters. The maximum Gasteiger partial charge on any atom is 0.113 e. The molecule has 1 N–H and O–H groups in total. The summed E-state index contributed by atoms with van der Waals surface area (Å²) < 4.78 is 1.90. The molecule has 0 radical (unpaired) electrons. The first-order chi connectivity index (χ1) is 9.90. The van der Waals surface area contributed by atoms with Crippen LogP contribution in [0.1, 0.15) is 18.4 Å². The van der Waals surface area contributed by atoms with E-state index in [1.54, 1.807) is 0 Å². The Morgan fingerprint density at radius 3 is 2.90 bits per heavy atom. The minimum Gasteiger partial charge on any atom is -0.310 e. The van der Waals surface area contributed by atoms with E-state index in [1.165, 1.54) is 18.4 Å². The summed E-state index contributed by atoms with van der Waals surface area (Å²) >= 11 is 0. The lowest BCUT2D eigenvalue weighted by Crippen LogP contribution is -2.15. The Labute approximate surface area is 117 Å². The third kappa shape index (κ3) is 2.18. The predicted molar refractivity (Wildman–Crippen MR) is 78.7 cm³/mol. The van der Waals surface area contributed by atoms with Crippen molar-refractivity contribution in [3.8, 4) is 5.69 Å². The van der Waals surface area contributed by atoms with Gasteiger partial charge in [-0.05, 0) is 42.7 Å². The number of benzene rings is 2. The van der Waals surface area contributed by atoms with E-state index in [4.69, 9.17) is 0 Å². The van der Waals surface area contributed by atoms with Crippen molar-refractivity contribution in [1.82, 2.24) is 20.3 Å². The van der Waals surface area contributed by atoms with E-state index >= 15 is 0 Å². The second-order valence-corrected chi connectivity index (χ2v) is 5.32. The first-order valence-electron chi connectivity index (χ1n) is 7.03. The van der Waals surface area contributed by atoms with Gasteiger partial charge in [0.05, 0.1) is 11.2 Å². The maximum atomic E-state index is 4.26. The zero-order chi connectivity index (χ0) is 13.4. The topological polar surface area (TPSA) is 42.7 Å². The normalized spacial score (nSPS) is 14.8. The summed E-state index contributed by atoms with van der Waals surface area (Å²) in [5, 5.41) is 12.0. The number of aromatic nitrogens is 3. The van der Waals surface area contributed by atoms with Crippen molar-refractivity contribution in [2.75, 3.05) is 0 Å². The molecule has 0 bridgehead atoms. The molecule has 0 saturated heterocycles. The Balaban J connectivity index is 1.68. The summed E-state index contributed by atoms with van der Waals surface area (Å²) in [6, 6.07) is 17.2. The van der Waals surface area contributed by atoms with Crippen molar-refractivity contribution < 1.29 is 0 Å². The maximum absolute atomic E-state index is 4.26. The average Bonchev–Trinajstić information content (AvgIpc) is 3.23. The van der Waals surface area contributed by atoms with Crippen molar-refractivity contribution in [2.24, 2.45) is 0 Å². The second kappa shape index (κ2) is 4.72. The van der Waals surface area contributed by atoms with Crippen LogP contribution in [0.2, 0.25) is 0 Å². The van der Waals surface area contributed by atoms with E-state index in [2.05, 4.69) is 39.9 Å². The van der Waals surface area contributed by atoms with Gasteiger partial charge in [-0.15, -0.1) is 5.10 Å². The third-order valence-electron chi connectivity index (χ3n) is 3.68. The fraction of sp³-hybridized carbons (Fsp3) is 0.250. The van der Waals surface area contributed by atoms with Crippen LogP contribution in [-0.4, -0.2) is 21.0 Å². The van der Waals surface area contributed by atoms with Gasteiger partial charge in [-0.1, -0.05) is 29.5 Å². The molecule has 4 nitrogen and oxygen atoms in total. The molecule has 1 heterocycles. The van der Waals surface area contributed by atoms with Crippen LogP contribution in [0.4, 0.5) is 0 Å². The molecule has 2 aromatic carbocycles. The number of nitrogens with zero attached hydrogens (tertiary/aromatic N) is 3. The van der Waals surface area contributed by atoms with Crippen molar-refractivity contribution in [3.63, 3.8) is 0 Å². The van der Waals surface area contributed by atoms with Gasteiger partial charge in [0.15, 0.2) is 0 Å². The van der Waals surface area contributed by atoms with E-state index in [9.17, 15) is 0 Å². The highest BCUT2D eigenvalue weighted by molar-refractivity contribution is 5.75. The van der Waals surface area contributed by atoms with E-state index in [1.807, 2.05) is 28.9 Å². The lowest BCUT2D eigenvalue weighted by atomic mass is 10.2. The van der Waals surface area contributed by atoms with Crippen LogP contribution in [0.3, 0.4) is 0 Å². The molecule has 0 unspecified atom stereocenters. The molecule has 0 spiro atoms. The van der Waals surface area contributed by atoms with Crippen LogP contribution in [0.25, 0.3) is 16.7 Å². The fourth-order valence-corrected chi connectivity index (χ4v) is 2.41. The highest BCUT2D eigenvalue weighted by Gasteiger charge is 2.19.